The molecule has 45 heavy (non-hydrogen) atoms. The van der Waals surface area contributed by atoms with Crippen molar-refractivity contribution in [1.29, 1.82) is 5.26 Å². The van der Waals surface area contributed by atoms with E-state index >= 15 is 0 Å². The molecule has 0 aliphatic carbocycles. The summed E-state index contributed by atoms with van der Waals surface area (Å²) in [5.41, 5.74) is 0.130. The number of nitriles is 1. The Kier molecular flexibility index (Phi) is 20.9. The Morgan fingerprint density at radius 2 is 1.42 bits per heavy atom. The highest BCUT2D eigenvalue weighted by molar-refractivity contribution is 7.47. The lowest BCUT2D eigenvalue weighted by molar-refractivity contribution is 0.0474. The van der Waals surface area contributed by atoms with Crippen molar-refractivity contribution in [2.75, 3.05) is 26.4 Å². The van der Waals surface area contributed by atoms with E-state index in [-0.39, 0.29) is 41.9 Å². The van der Waals surface area contributed by atoms with Crippen molar-refractivity contribution in [3.05, 3.63) is 58.9 Å². The van der Waals surface area contributed by atoms with Crippen molar-refractivity contribution >= 4 is 19.4 Å². The second kappa shape index (κ2) is 24.1. The standard InChI is InChI=1S/C35H52ClFNO6P/c1-2-3-4-5-6-7-8-9-10-11-12-13-14-15-16-19-22-41-27-31(28-42-33-24-30(26-38)23-32(37)25-33)29-43-45(39,40)44-35-21-18-17-20-34(35)36/h17-18,20-21,23-25,31H,2-16,19,22,27-29H2,1H3,(H,39,40). The molecule has 252 valence electrons. The van der Waals surface area contributed by atoms with E-state index in [9.17, 15) is 13.8 Å². The third-order valence-corrected chi connectivity index (χ3v) is 8.72. The molecule has 2 unspecified atom stereocenters. The van der Waals surface area contributed by atoms with Crippen LogP contribution in [0.3, 0.4) is 0 Å². The summed E-state index contributed by atoms with van der Waals surface area (Å²) < 4.78 is 48.3. The van der Waals surface area contributed by atoms with Gasteiger partial charge >= 0.3 is 7.82 Å². The lowest BCUT2D eigenvalue weighted by Crippen LogP contribution is -2.23. The number of benzene rings is 2. The van der Waals surface area contributed by atoms with Crippen molar-refractivity contribution in [3.8, 4) is 17.6 Å². The molecule has 0 spiro atoms. The molecule has 2 rings (SSSR count). The monoisotopic (exact) mass is 667 g/mol. The first-order valence-corrected chi connectivity index (χ1v) is 18.5. The van der Waals surface area contributed by atoms with E-state index in [1.54, 1.807) is 12.1 Å². The molecular formula is C35H52ClFNO6P. The SMILES string of the molecule is CCCCCCCCCCCCCCCCCCOCC(COc1cc(F)cc(C#N)c1)COP(=O)(O)Oc1ccccc1Cl. The molecule has 0 heterocycles. The zero-order chi connectivity index (χ0) is 32.6. The summed E-state index contributed by atoms with van der Waals surface area (Å²) in [6.45, 7) is 2.81. The van der Waals surface area contributed by atoms with Crippen LogP contribution >= 0.6 is 19.4 Å². The quantitative estimate of drug-likeness (QED) is 0.0747. The summed E-state index contributed by atoms with van der Waals surface area (Å²) in [5, 5.41) is 9.28. The van der Waals surface area contributed by atoms with Gasteiger partial charge in [-0.2, -0.15) is 5.26 Å². The van der Waals surface area contributed by atoms with E-state index in [0.717, 1.165) is 18.9 Å². The minimum atomic E-state index is -4.49. The minimum Gasteiger partial charge on any atom is -0.493 e. The molecule has 0 saturated heterocycles. The van der Waals surface area contributed by atoms with Crippen molar-refractivity contribution in [2.45, 2.75) is 110 Å². The number of halogens is 2. The number of hydrogen-bond acceptors (Lipinski definition) is 6. The molecule has 0 saturated carbocycles. The third kappa shape index (κ3) is 19.2. The summed E-state index contributed by atoms with van der Waals surface area (Å²) >= 11 is 6.03. The largest absolute Gasteiger partial charge is 0.527 e. The Bertz CT molecular complexity index is 1160. The van der Waals surface area contributed by atoms with E-state index in [4.69, 9.17) is 35.4 Å². The second-order valence-corrected chi connectivity index (χ2v) is 13.4. The van der Waals surface area contributed by atoms with Crippen molar-refractivity contribution in [1.82, 2.24) is 0 Å². The minimum absolute atomic E-state index is 0.0133. The van der Waals surface area contributed by atoms with Crippen LogP contribution < -0.4 is 9.26 Å². The molecule has 7 nitrogen and oxygen atoms in total. The molecule has 0 aromatic heterocycles. The number of nitrogens with zero attached hydrogens (tertiary/aromatic N) is 1. The zero-order valence-electron chi connectivity index (χ0n) is 26.9. The van der Waals surface area contributed by atoms with Crippen LogP contribution in [0.1, 0.15) is 115 Å². The second-order valence-electron chi connectivity index (χ2n) is 11.6. The first-order chi connectivity index (χ1) is 21.8. The predicted octanol–water partition coefficient (Wildman–Crippen LogP) is 10.8. The molecule has 0 radical (unpaired) electrons. The van der Waals surface area contributed by atoms with E-state index in [1.165, 1.54) is 114 Å². The molecule has 1 N–H and O–H groups in total. The molecule has 0 bridgehead atoms. The van der Waals surface area contributed by atoms with Crippen LogP contribution in [0.25, 0.3) is 0 Å². The lowest BCUT2D eigenvalue weighted by Gasteiger charge is -2.20. The smallest absolute Gasteiger partial charge is 0.493 e. The number of ether oxygens (including phenoxy) is 2. The van der Waals surface area contributed by atoms with Crippen LogP contribution in [0.15, 0.2) is 42.5 Å². The van der Waals surface area contributed by atoms with Crippen LogP contribution in [0.5, 0.6) is 11.5 Å². The molecular weight excluding hydrogens is 616 g/mol. The Balaban J connectivity index is 1.65. The fourth-order valence-corrected chi connectivity index (χ4v) is 6.03. The molecule has 0 amide bonds. The highest BCUT2D eigenvalue weighted by Crippen LogP contribution is 2.46. The molecule has 10 heteroatoms. The summed E-state index contributed by atoms with van der Waals surface area (Å²) in [6, 6.07) is 11.9. The van der Waals surface area contributed by atoms with Gasteiger partial charge in [0.15, 0.2) is 0 Å². The normalized spacial score (nSPS) is 13.2. The van der Waals surface area contributed by atoms with Gasteiger partial charge in [-0.15, -0.1) is 0 Å². The third-order valence-electron chi connectivity index (χ3n) is 7.51. The summed E-state index contributed by atoms with van der Waals surface area (Å²) in [7, 11) is -4.49. The Morgan fingerprint density at radius 1 is 0.844 bits per heavy atom. The molecule has 0 aliphatic heterocycles. The van der Waals surface area contributed by atoms with Crippen molar-refractivity contribution in [3.63, 3.8) is 0 Å². The predicted molar refractivity (Wildman–Crippen MR) is 178 cm³/mol. The van der Waals surface area contributed by atoms with E-state index in [1.807, 2.05) is 6.07 Å². The first-order valence-electron chi connectivity index (χ1n) is 16.7. The molecule has 2 aromatic carbocycles. The Hall–Kier alpha value is -2.14. The van der Waals surface area contributed by atoms with Gasteiger partial charge in [0.25, 0.3) is 0 Å². The topological polar surface area (TPSA) is 98.0 Å². The molecule has 0 fully saturated rings. The summed E-state index contributed by atoms with van der Waals surface area (Å²) in [4.78, 5) is 10.2. The van der Waals surface area contributed by atoms with E-state index in [2.05, 4.69) is 6.92 Å². The van der Waals surface area contributed by atoms with Crippen LogP contribution in [-0.2, 0) is 13.8 Å². The van der Waals surface area contributed by atoms with Gasteiger partial charge < -0.3 is 14.0 Å². The van der Waals surface area contributed by atoms with Crippen molar-refractivity contribution < 1.29 is 32.4 Å². The Morgan fingerprint density at radius 3 is 2.00 bits per heavy atom. The number of para-hydroxylation sites is 1. The summed E-state index contributed by atoms with van der Waals surface area (Å²) in [5.74, 6) is -0.852. The molecule has 2 atom stereocenters. The average Bonchev–Trinajstić information content (AvgIpc) is 3.02. The van der Waals surface area contributed by atoms with Gasteiger partial charge in [-0.05, 0) is 30.7 Å². The number of hydrogen-bond donors (Lipinski definition) is 1. The number of phosphoric acid groups is 1. The maximum Gasteiger partial charge on any atom is 0.527 e. The van der Waals surface area contributed by atoms with Crippen molar-refractivity contribution in [2.24, 2.45) is 5.92 Å². The molecule has 0 aliphatic rings. The first kappa shape index (κ1) is 39.0. The lowest BCUT2D eigenvalue weighted by atomic mass is 10.0. The van der Waals surface area contributed by atoms with Crippen LogP contribution in [0, 0.1) is 23.1 Å². The fourth-order valence-electron chi connectivity index (χ4n) is 4.94. The maximum absolute atomic E-state index is 13.8. The van der Waals surface area contributed by atoms with E-state index in [0.29, 0.717) is 6.61 Å². The van der Waals surface area contributed by atoms with Crippen LogP contribution in [0.2, 0.25) is 5.02 Å². The number of rotatable bonds is 27. The van der Waals surface area contributed by atoms with Gasteiger partial charge in [0.1, 0.15) is 17.3 Å². The molecule has 2 aromatic rings. The average molecular weight is 668 g/mol. The number of phosphoric ester groups is 1. The van der Waals surface area contributed by atoms with Crippen LogP contribution in [0.4, 0.5) is 4.39 Å². The maximum atomic E-state index is 13.8. The van der Waals surface area contributed by atoms with Gasteiger partial charge in [0.2, 0.25) is 0 Å². The summed E-state index contributed by atoms with van der Waals surface area (Å²) in [6.07, 6.45) is 20.7. The highest BCUT2D eigenvalue weighted by atomic mass is 35.5. The number of unbranched alkanes of at least 4 members (excludes halogenated alkanes) is 15. The van der Waals surface area contributed by atoms with E-state index < -0.39 is 19.6 Å². The van der Waals surface area contributed by atoms with Gasteiger partial charge in [-0.1, -0.05) is 127 Å². The fraction of sp³-hybridized carbons (Fsp3) is 0.629. The zero-order valence-corrected chi connectivity index (χ0v) is 28.6. The van der Waals surface area contributed by atoms with Gasteiger partial charge in [-0.25, -0.2) is 8.96 Å². The van der Waals surface area contributed by atoms with Gasteiger partial charge in [0, 0.05) is 18.6 Å². The van der Waals surface area contributed by atoms with Gasteiger partial charge in [0.05, 0.1) is 36.5 Å². The van der Waals surface area contributed by atoms with Gasteiger partial charge in [-0.3, -0.25) is 9.42 Å². The van der Waals surface area contributed by atoms with Crippen LogP contribution in [-0.4, -0.2) is 31.3 Å². The Labute approximate surface area is 275 Å². The highest BCUT2D eigenvalue weighted by Gasteiger charge is 2.26.